The van der Waals surface area contributed by atoms with Crippen molar-refractivity contribution in [2.75, 3.05) is 18.4 Å². The van der Waals surface area contributed by atoms with Gasteiger partial charge in [-0.25, -0.2) is 0 Å². The number of hydrogen-bond donors (Lipinski definition) is 1. The predicted octanol–water partition coefficient (Wildman–Crippen LogP) is 5.21. The molecule has 214 valence electrons. The van der Waals surface area contributed by atoms with E-state index in [1.807, 2.05) is 24.3 Å². The molecule has 0 spiro atoms. The Morgan fingerprint density at radius 2 is 1.95 bits per heavy atom. The Labute approximate surface area is 245 Å². The molecule has 2 aromatic carbocycles. The van der Waals surface area contributed by atoms with Gasteiger partial charge in [0.2, 0.25) is 0 Å². The Morgan fingerprint density at radius 3 is 2.73 bits per heavy atom. The topological polar surface area (TPSA) is 80.2 Å². The van der Waals surface area contributed by atoms with Crippen LogP contribution in [0.1, 0.15) is 38.7 Å². The summed E-state index contributed by atoms with van der Waals surface area (Å²) in [6.45, 7) is 5.69. The van der Waals surface area contributed by atoms with Crippen LogP contribution in [-0.2, 0) is 11.0 Å². The van der Waals surface area contributed by atoms with E-state index in [0.717, 1.165) is 47.9 Å². The fourth-order valence-electron chi connectivity index (χ4n) is 5.11. The minimum atomic E-state index is -4.58. The third-order valence-corrected chi connectivity index (χ3v) is 7.63. The Balaban J connectivity index is 1.48. The number of benzene rings is 2. The number of ether oxygens (including phenoxy) is 1. The molecule has 3 heterocycles. The summed E-state index contributed by atoms with van der Waals surface area (Å²) < 4.78 is 48.0. The van der Waals surface area contributed by atoms with Crippen LogP contribution in [0, 0.1) is 5.92 Å². The maximum atomic E-state index is 13.7. The summed E-state index contributed by atoms with van der Waals surface area (Å²) in [6.07, 6.45) is -0.766. The predicted molar refractivity (Wildman–Crippen MR) is 155 cm³/mol. The van der Waals surface area contributed by atoms with Crippen LogP contribution in [-0.4, -0.2) is 61.7 Å². The van der Waals surface area contributed by atoms with Crippen molar-refractivity contribution in [2.24, 2.45) is 5.92 Å². The molecule has 2 atom stereocenters. The molecule has 1 saturated heterocycles. The minimum absolute atomic E-state index is 0.0363. The number of carbonyl (C=O) groups is 1. The summed E-state index contributed by atoms with van der Waals surface area (Å²) in [7, 11) is 0. The Bertz CT molecular complexity index is 1560. The summed E-state index contributed by atoms with van der Waals surface area (Å²) in [5, 5.41) is 3.71. The summed E-state index contributed by atoms with van der Waals surface area (Å²) in [5.41, 5.74) is 0.502. The van der Waals surface area contributed by atoms with Gasteiger partial charge in [0.15, 0.2) is 0 Å². The SMILES string of the molecule is CC(C)CN1CCCC[C@@H]1C(=O)Nc1cc(C(F)(F)F)ccc1-c1cc(Oc2cccc3ccc([AsH2])nc23)ncn1. The molecule has 11 heteroatoms. The van der Waals surface area contributed by atoms with E-state index in [2.05, 4.69) is 39.0 Å². The number of hydrogen-bond acceptors (Lipinski definition) is 6. The standard InChI is InChI=1S/C30H31AsF3N5O2/c1-18(2)16-39-13-4-3-7-24(39)29(40)37-23-14-20(30(32,33)34)10-11-21(23)22-15-27(36-17-35-22)41-25-8-5-6-19-9-12-26(31)38-28(19)25/h5-6,8-12,14-15,17-18,24H,3-4,7,13,16,31H2,1-2H3,(H,37,40)/t24-/m1/s1. The molecule has 1 unspecified atom stereocenters. The number of likely N-dealkylation sites (tertiary alicyclic amines) is 1. The van der Waals surface area contributed by atoms with Gasteiger partial charge in [0.1, 0.15) is 0 Å². The molecule has 0 radical (unpaired) electrons. The van der Waals surface area contributed by atoms with Crippen molar-refractivity contribution in [3.05, 3.63) is 66.5 Å². The molecule has 7 nitrogen and oxygen atoms in total. The van der Waals surface area contributed by atoms with Crippen molar-refractivity contribution in [3.8, 4) is 22.9 Å². The normalized spacial score (nSPS) is 16.2. The summed E-state index contributed by atoms with van der Waals surface area (Å²) in [5.74, 6) is 0.725. The van der Waals surface area contributed by atoms with Gasteiger partial charge in [0.05, 0.1) is 6.04 Å². The number of alkyl halides is 3. The number of carbonyl (C=O) groups excluding carboxylic acids is 1. The molecule has 0 aliphatic carbocycles. The second-order valence-corrected chi connectivity index (χ2v) is 11.8. The second kappa shape index (κ2) is 12.2. The van der Waals surface area contributed by atoms with Crippen LogP contribution in [0.2, 0.25) is 0 Å². The van der Waals surface area contributed by atoms with Crippen molar-refractivity contribution >= 4 is 43.8 Å². The van der Waals surface area contributed by atoms with E-state index >= 15 is 0 Å². The van der Waals surface area contributed by atoms with Gasteiger partial charge in [0, 0.05) is 6.54 Å². The average molecular weight is 626 g/mol. The molecule has 41 heavy (non-hydrogen) atoms. The molecular weight excluding hydrogens is 594 g/mol. The Morgan fingerprint density at radius 1 is 1.12 bits per heavy atom. The van der Waals surface area contributed by atoms with E-state index in [1.165, 1.54) is 29.2 Å². The van der Waals surface area contributed by atoms with Crippen LogP contribution >= 0.6 is 0 Å². The van der Waals surface area contributed by atoms with Crippen LogP contribution in [0.4, 0.5) is 18.9 Å². The first kappa shape index (κ1) is 29.0. The monoisotopic (exact) mass is 625 g/mol. The molecular formula is C30H31AsF3N5O2. The zero-order valence-corrected chi connectivity index (χ0v) is 25.2. The van der Waals surface area contributed by atoms with E-state index in [1.54, 1.807) is 12.1 Å². The number of piperidine rings is 1. The van der Waals surface area contributed by atoms with Crippen LogP contribution in [0.15, 0.2) is 60.9 Å². The number of amides is 1. The van der Waals surface area contributed by atoms with Gasteiger partial charge < -0.3 is 0 Å². The second-order valence-electron chi connectivity index (χ2n) is 10.6. The third kappa shape index (κ3) is 6.88. The van der Waals surface area contributed by atoms with E-state index in [9.17, 15) is 18.0 Å². The van der Waals surface area contributed by atoms with Gasteiger partial charge in [0.25, 0.3) is 0 Å². The molecule has 1 amide bonds. The van der Waals surface area contributed by atoms with Crippen LogP contribution in [0.25, 0.3) is 22.2 Å². The van der Waals surface area contributed by atoms with Crippen molar-refractivity contribution in [3.63, 3.8) is 0 Å². The first-order valence-electron chi connectivity index (χ1n) is 13.5. The fraction of sp³-hybridized carbons (Fsp3) is 0.333. The number of pyridine rings is 1. The summed E-state index contributed by atoms with van der Waals surface area (Å²) in [4.78, 5) is 28.7. The molecule has 2 aromatic heterocycles. The van der Waals surface area contributed by atoms with Gasteiger partial charge in [-0.1, -0.05) is 20.3 Å². The number of para-hydroxylation sites is 1. The molecule has 1 aliphatic heterocycles. The zero-order chi connectivity index (χ0) is 29.1. The number of rotatable bonds is 7. The molecule has 1 N–H and O–H groups in total. The van der Waals surface area contributed by atoms with Gasteiger partial charge in [-0.05, 0) is 25.3 Å². The van der Waals surface area contributed by atoms with Crippen LogP contribution in [0.3, 0.4) is 0 Å². The quantitative estimate of drug-likeness (QED) is 0.284. The van der Waals surface area contributed by atoms with Crippen molar-refractivity contribution < 1.29 is 22.7 Å². The maximum absolute atomic E-state index is 13.7. The first-order chi connectivity index (χ1) is 19.6. The molecule has 0 saturated carbocycles. The summed E-state index contributed by atoms with van der Waals surface area (Å²) in [6, 6.07) is 13.8. The molecule has 1 aliphatic rings. The number of anilines is 1. The first-order valence-corrected chi connectivity index (χ1v) is 14.7. The molecule has 1 fully saturated rings. The van der Waals surface area contributed by atoms with Gasteiger partial charge in [-0.15, -0.1) is 0 Å². The molecule has 5 rings (SSSR count). The van der Waals surface area contributed by atoms with E-state index in [4.69, 9.17) is 4.74 Å². The van der Waals surface area contributed by atoms with Crippen LogP contribution < -0.4 is 14.5 Å². The average Bonchev–Trinajstić information content (AvgIpc) is 2.93. The van der Waals surface area contributed by atoms with Gasteiger partial charge in [-0.3, -0.25) is 9.69 Å². The number of nitrogens with zero attached hydrogens (tertiary/aromatic N) is 4. The van der Waals surface area contributed by atoms with Crippen molar-refractivity contribution in [1.82, 2.24) is 19.9 Å². The van der Waals surface area contributed by atoms with E-state index in [0.29, 0.717) is 34.9 Å². The van der Waals surface area contributed by atoms with Crippen LogP contribution in [0.5, 0.6) is 11.6 Å². The molecule has 0 bridgehead atoms. The number of nitrogens with one attached hydrogen (secondary N) is 1. The number of halogens is 3. The summed E-state index contributed by atoms with van der Waals surface area (Å²) >= 11 is 1.39. The van der Waals surface area contributed by atoms with Gasteiger partial charge >= 0.3 is 164 Å². The molecule has 4 aromatic rings. The fourth-order valence-corrected chi connectivity index (χ4v) is 5.58. The van der Waals surface area contributed by atoms with Gasteiger partial charge in [-0.2, -0.15) is 13.2 Å². The van der Waals surface area contributed by atoms with Crippen molar-refractivity contribution in [2.45, 2.75) is 45.3 Å². The zero-order valence-electron chi connectivity index (χ0n) is 22.8. The van der Waals surface area contributed by atoms with E-state index in [-0.39, 0.29) is 17.5 Å². The number of aromatic nitrogens is 3. The van der Waals surface area contributed by atoms with Crippen molar-refractivity contribution in [1.29, 1.82) is 0 Å². The number of fused-ring (bicyclic) bond motifs is 1. The Hall–Kier alpha value is -3.49. The van der Waals surface area contributed by atoms with E-state index < -0.39 is 17.8 Å². The Kier molecular flexibility index (Phi) is 8.61. The third-order valence-electron chi connectivity index (χ3n) is 6.96.